The molecular weight excluding hydrogens is 208 g/mol. The molecule has 1 aliphatic rings. The fourth-order valence-electron chi connectivity index (χ4n) is 2.63. The van der Waals surface area contributed by atoms with Gasteiger partial charge in [-0.05, 0) is 62.5 Å². The molecule has 2 heterocycles. The number of benzene rings is 1. The minimum atomic E-state index is 0.811. The molecule has 17 heavy (non-hydrogen) atoms. The Morgan fingerprint density at radius 1 is 1.29 bits per heavy atom. The highest BCUT2D eigenvalue weighted by atomic mass is 14.9. The van der Waals surface area contributed by atoms with Gasteiger partial charge in [-0.25, -0.2) is 0 Å². The normalized spacial score (nSPS) is 19.9. The summed E-state index contributed by atoms with van der Waals surface area (Å²) in [6.45, 7) is 4.39. The third kappa shape index (κ3) is 2.32. The number of fused-ring (bicyclic) bond motifs is 1. The quantitative estimate of drug-likeness (QED) is 0.851. The van der Waals surface area contributed by atoms with Crippen molar-refractivity contribution in [3.05, 3.63) is 41.6 Å². The predicted octanol–water partition coefficient (Wildman–Crippen LogP) is 2.70. The van der Waals surface area contributed by atoms with Gasteiger partial charge in [0, 0.05) is 11.1 Å². The Kier molecular flexibility index (Phi) is 2.81. The summed E-state index contributed by atoms with van der Waals surface area (Å²) in [5, 5.41) is 4.69. The number of rotatable bonds is 2. The smallest absolute Gasteiger partial charge is 0.0705 e. The Morgan fingerprint density at radius 2 is 2.24 bits per heavy atom. The lowest BCUT2D eigenvalue weighted by molar-refractivity contribution is 0.580. The lowest BCUT2D eigenvalue weighted by Gasteiger charge is -2.09. The highest BCUT2D eigenvalue weighted by molar-refractivity contribution is 5.79. The van der Waals surface area contributed by atoms with Crippen LogP contribution in [0.3, 0.4) is 0 Å². The van der Waals surface area contributed by atoms with Crippen LogP contribution >= 0.6 is 0 Å². The predicted molar refractivity (Wildman–Crippen MR) is 71.2 cm³/mol. The van der Waals surface area contributed by atoms with Gasteiger partial charge in [0.1, 0.15) is 0 Å². The van der Waals surface area contributed by atoms with E-state index in [2.05, 4.69) is 40.6 Å². The maximum absolute atomic E-state index is 4.54. The van der Waals surface area contributed by atoms with Crippen molar-refractivity contribution in [2.75, 3.05) is 13.1 Å². The van der Waals surface area contributed by atoms with Crippen LogP contribution in [0, 0.1) is 12.8 Å². The molecule has 0 saturated carbocycles. The lowest BCUT2D eigenvalue weighted by Crippen LogP contribution is -2.10. The van der Waals surface area contributed by atoms with Crippen molar-refractivity contribution in [2.24, 2.45) is 5.92 Å². The lowest BCUT2D eigenvalue weighted by atomic mass is 9.97. The third-order valence-electron chi connectivity index (χ3n) is 3.58. The van der Waals surface area contributed by atoms with Gasteiger partial charge in [0.2, 0.25) is 0 Å². The summed E-state index contributed by atoms with van der Waals surface area (Å²) in [6.07, 6.45) is 2.50. The highest BCUT2D eigenvalue weighted by Crippen LogP contribution is 2.19. The molecule has 0 aliphatic carbocycles. The standard InChI is InChI=1S/C15H18N2/c1-11-2-4-14-9-12(3-5-15(14)17-11)8-13-6-7-16-10-13/h2-5,9,13,16H,6-8,10H2,1H3. The summed E-state index contributed by atoms with van der Waals surface area (Å²) in [7, 11) is 0. The SMILES string of the molecule is Cc1ccc2cc(CC3CCNC3)ccc2n1. The maximum atomic E-state index is 4.54. The van der Waals surface area contributed by atoms with Crippen LogP contribution < -0.4 is 5.32 Å². The fraction of sp³-hybridized carbons (Fsp3) is 0.400. The van der Waals surface area contributed by atoms with Crippen LogP contribution in [0.15, 0.2) is 30.3 Å². The van der Waals surface area contributed by atoms with Gasteiger partial charge in [0.25, 0.3) is 0 Å². The first-order valence-corrected chi connectivity index (χ1v) is 6.38. The molecule has 1 fully saturated rings. The second-order valence-electron chi connectivity index (χ2n) is 5.04. The van der Waals surface area contributed by atoms with Gasteiger partial charge in [-0.15, -0.1) is 0 Å². The number of aromatic nitrogens is 1. The maximum Gasteiger partial charge on any atom is 0.0705 e. The molecule has 2 heteroatoms. The van der Waals surface area contributed by atoms with E-state index in [1.54, 1.807) is 0 Å². The molecule has 0 spiro atoms. The number of nitrogens with zero attached hydrogens (tertiary/aromatic N) is 1. The van der Waals surface area contributed by atoms with Crippen molar-refractivity contribution in [1.82, 2.24) is 10.3 Å². The van der Waals surface area contributed by atoms with Crippen LogP contribution in [-0.4, -0.2) is 18.1 Å². The first-order valence-electron chi connectivity index (χ1n) is 6.38. The average Bonchev–Trinajstić information content (AvgIpc) is 2.82. The minimum Gasteiger partial charge on any atom is -0.316 e. The van der Waals surface area contributed by atoms with Gasteiger partial charge in [0.15, 0.2) is 0 Å². The summed E-state index contributed by atoms with van der Waals surface area (Å²) in [5.41, 5.74) is 3.64. The summed E-state index contributed by atoms with van der Waals surface area (Å²) in [6, 6.07) is 10.9. The molecule has 1 unspecified atom stereocenters. The van der Waals surface area contributed by atoms with Crippen molar-refractivity contribution in [3.8, 4) is 0 Å². The van der Waals surface area contributed by atoms with Gasteiger partial charge >= 0.3 is 0 Å². The van der Waals surface area contributed by atoms with E-state index in [0.29, 0.717) is 0 Å². The molecule has 1 aromatic carbocycles. The first kappa shape index (κ1) is 10.7. The molecule has 2 nitrogen and oxygen atoms in total. The number of hydrogen-bond acceptors (Lipinski definition) is 2. The van der Waals surface area contributed by atoms with Crippen molar-refractivity contribution in [1.29, 1.82) is 0 Å². The zero-order valence-electron chi connectivity index (χ0n) is 10.2. The first-order chi connectivity index (χ1) is 8.31. The molecule has 0 amide bonds. The number of nitrogens with one attached hydrogen (secondary N) is 1. The molecule has 2 aromatic rings. The monoisotopic (exact) mass is 226 g/mol. The molecule has 3 rings (SSSR count). The van der Waals surface area contributed by atoms with Gasteiger partial charge in [0.05, 0.1) is 5.52 Å². The summed E-state index contributed by atoms with van der Waals surface area (Å²) >= 11 is 0. The Bertz CT molecular complexity index is 527. The summed E-state index contributed by atoms with van der Waals surface area (Å²) in [5.74, 6) is 0.811. The van der Waals surface area contributed by atoms with E-state index in [1.807, 2.05) is 6.92 Å². The van der Waals surface area contributed by atoms with E-state index in [4.69, 9.17) is 0 Å². The van der Waals surface area contributed by atoms with Gasteiger partial charge in [-0.1, -0.05) is 12.1 Å². The van der Waals surface area contributed by atoms with Crippen LogP contribution in [0.4, 0.5) is 0 Å². The van der Waals surface area contributed by atoms with E-state index >= 15 is 0 Å². The molecule has 1 atom stereocenters. The Morgan fingerprint density at radius 3 is 3.06 bits per heavy atom. The molecule has 0 bridgehead atoms. The third-order valence-corrected chi connectivity index (χ3v) is 3.58. The van der Waals surface area contributed by atoms with Crippen molar-refractivity contribution >= 4 is 10.9 Å². The van der Waals surface area contributed by atoms with Crippen LogP contribution in [-0.2, 0) is 6.42 Å². The highest BCUT2D eigenvalue weighted by Gasteiger charge is 2.14. The summed E-state index contributed by atoms with van der Waals surface area (Å²) in [4.78, 5) is 4.54. The van der Waals surface area contributed by atoms with E-state index in [-0.39, 0.29) is 0 Å². The van der Waals surface area contributed by atoms with Crippen molar-refractivity contribution in [2.45, 2.75) is 19.8 Å². The molecule has 1 N–H and O–H groups in total. The van der Waals surface area contributed by atoms with Gasteiger partial charge in [-0.3, -0.25) is 4.98 Å². The van der Waals surface area contributed by atoms with Crippen LogP contribution in [0.2, 0.25) is 0 Å². The molecule has 88 valence electrons. The minimum absolute atomic E-state index is 0.811. The zero-order valence-corrected chi connectivity index (χ0v) is 10.2. The van der Waals surface area contributed by atoms with Crippen molar-refractivity contribution < 1.29 is 0 Å². The molecule has 1 aliphatic heterocycles. The molecule has 1 aromatic heterocycles. The second-order valence-corrected chi connectivity index (χ2v) is 5.04. The molecule has 0 radical (unpaired) electrons. The Hall–Kier alpha value is -1.41. The number of aryl methyl sites for hydroxylation is 1. The van der Waals surface area contributed by atoms with Crippen LogP contribution in [0.25, 0.3) is 10.9 Å². The van der Waals surface area contributed by atoms with Gasteiger partial charge in [-0.2, -0.15) is 0 Å². The van der Waals surface area contributed by atoms with E-state index in [0.717, 1.165) is 17.1 Å². The number of hydrogen-bond donors (Lipinski definition) is 1. The largest absolute Gasteiger partial charge is 0.316 e. The van der Waals surface area contributed by atoms with E-state index in [9.17, 15) is 0 Å². The topological polar surface area (TPSA) is 24.9 Å². The summed E-state index contributed by atoms with van der Waals surface area (Å²) < 4.78 is 0. The second kappa shape index (κ2) is 4.46. The van der Waals surface area contributed by atoms with Crippen molar-refractivity contribution in [3.63, 3.8) is 0 Å². The zero-order chi connectivity index (χ0) is 11.7. The molecular formula is C15H18N2. The van der Waals surface area contributed by atoms with E-state index < -0.39 is 0 Å². The van der Waals surface area contributed by atoms with Gasteiger partial charge < -0.3 is 5.32 Å². The fourth-order valence-corrected chi connectivity index (χ4v) is 2.63. The van der Waals surface area contributed by atoms with Crippen LogP contribution in [0.5, 0.6) is 0 Å². The Balaban J connectivity index is 1.88. The number of pyridine rings is 1. The molecule has 1 saturated heterocycles. The average molecular weight is 226 g/mol. The van der Waals surface area contributed by atoms with E-state index in [1.165, 1.54) is 36.9 Å². The Labute approximate surface area is 102 Å². The van der Waals surface area contributed by atoms with Crippen LogP contribution in [0.1, 0.15) is 17.7 Å².